The Bertz CT molecular complexity index is 1020. The SMILES string of the molecule is O=C(Nc1ccc(OC(F)(F)F)cc1)OC1CCN(S(=O)(=O)c2ccccc2Cl)CC1. The number of nitrogens with one attached hydrogen (secondary N) is 1. The van der Waals surface area contributed by atoms with Gasteiger partial charge in [0.15, 0.2) is 0 Å². The third kappa shape index (κ3) is 6.25. The summed E-state index contributed by atoms with van der Waals surface area (Å²) in [6.45, 7) is 0.296. The summed E-state index contributed by atoms with van der Waals surface area (Å²) in [6.07, 6.45) is -5.53. The molecule has 7 nitrogen and oxygen atoms in total. The average Bonchev–Trinajstić information content (AvgIpc) is 2.69. The third-order valence-electron chi connectivity index (χ3n) is 4.46. The quantitative estimate of drug-likeness (QED) is 0.676. The first kappa shape index (κ1) is 23.2. The first-order valence-electron chi connectivity index (χ1n) is 9.13. The number of hydrogen-bond acceptors (Lipinski definition) is 5. The number of hydrogen-bond donors (Lipinski definition) is 1. The van der Waals surface area contributed by atoms with Gasteiger partial charge < -0.3 is 9.47 Å². The topological polar surface area (TPSA) is 84.9 Å². The molecule has 0 atom stereocenters. The highest BCUT2D eigenvalue weighted by atomic mass is 35.5. The molecule has 2 aromatic carbocycles. The Kier molecular flexibility index (Phi) is 6.97. The molecule has 1 heterocycles. The highest BCUT2D eigenvalue weighted by Crippen LogP contribution is 2.27. The largest absolute Gasteiger partial charge is 0.573 e. The van der Waals surface area contributed by atoms with Gasteiger partial charge in [0.1, 0.15) is 16.7 Å². The Morgan fingerprint density at radius 3 is 2.26 bits per heavy atom. The van der Waals surface area contributed by atoms with Gasteiger partial charge in [-0.3, -0.25) is 5.32 Å². The number of carbonyl (C=O) groups excluding carboxylic acids is 1. The molecule has 1 aliphatic heterocycles. The van der Waals surface area contributed by atoms with Gasteiger partial charge in [-0.25, -0.2) is 13.2 Å². The van der Waals surface area contributed by atoms with Crippen LogP contribution >= 0.6 is 11.6 Å². The van der Waals surface area contributed by atoms with E-state index in [-0.39, 0.29) is 41.5 Å². The van der Waals surface area contributed by atoms with Crippen molar-refractivity contribution in [3.05, 3.63) is 53.6 Å². The molecule has 0 radical (unpaired) electrons. The zero-order valence-corrected chi connectivity index (χ0v) is 17.5. The molecule has 3 rings (SSSR count). The normalized spacial score (nSPS) is 16.0. The Balaban J connectivity index is 1.51. The van der Waals surface area contributed by atoms with Crippen LogP contribution in [0.25, 0.3) is 0 Å². The van der Waals surface area contributed by atoms with Crippen molar-refractivity contribution >= 4 is 33.4 Å². The van der Waals surface area contributed by atoms with Gasteiger partial charge in [-0.15, -0.1) is 13.2 Å². The molecule has 1 fully saturated rings. The molecule has 1 saturated heterocycles. The molecule has 0 bridgehead atoms. The number of rotatable bonds is 5. The van der Waals surface area contributed by atoms with Crippen molar-refractivity contribution in [1.29, 1.82) is 0 Å². The second-order valence-corrected chi connectivity index (χ2v) is 8.95. The van der Waals surface area contributed by atoms with Crippen LogP contribution in [0.15, 0.2) is 53.4 Å². The Morgan fingerprint density at radius 1 is 1.06 bits per heavy atom. The number of piperidine rings is 1. The summed E-state index contributed by atoms with van der Waals surface area (Å²) in [7, 11) is -3.76. The van der Waals surface area contributed by atoms with E-state index in [1.54, 1.807) is 12.1 Å². The number of ether oxygens (including phenoxy) is 2. The molecule has 31 heavy (non-hydrogen) atoms. The lowest BCUT2D eigenvalue weighted by Gasteiger charge is -2.31. The van der Waals surface area contributed by atoms with E-state index in [4.69, 9.17) is 16.3 Å². The van der Waals surface area contributed by atoms with Gasteiger partial charge in [0.2, 0.25) is 10.0 Å². The van der Waals surface area contributed by atoms with Gasteiger partial charge in [0, 0.05) is 18.8 Å². The molecular formula is C19H18ClF3N2O5S. The van der Waals surface area contributed by atoms with Crippen LogP contribution in [0.5, 0.6) is 5.75 Å². The summed E-state index contributed by atoms with van der Waals surface area (Å²) in [5.41, 5.74) is 0.221. The van der Waals surface area contributed by atoms with E-state index in [2.05, 4.69) is 10.1 Å². The van der Waals surface area contributed by atoms with Gasteiger partial charge in [0.25, 0.3) is 0 Å². The highest BCUT2D eigenvalue weighted by molar-refractivity contribution is 7.89. The summed E-state index contributed by atoms with van der Waals surface area (Å²) < 4.78 is 72.3. The first-order valence-corrected chi connectivity index (χ1v) is 10.9. The number of carbonyl (C=O) groups is 1. The lowest BCUT2D eigenvalue weighted by molar-refractivity contribution is -0.274. The minimum absolute atomic E-state index is 0.0201. The molecule has 0 unspecified atom stereocenters. The zero-order valence-electron chi connectivity index (χ0n) is 15.9. The number of nitrogens with zero attached hydrogens (tertiary/aromatic N) is 1. The molecular weight excluding hydrogens is 461 g/mol. The number of halogens is 4. The summed E-state index contributed by atoms with van der Waals surface area (Å²) >= 11 is 6.00. The van der Waals surface area contributed by atoms with E-state index in [0.717, 1.165) is 12.1 Å². The minimum atomic E-state index is -4.80. The van der Waals surface area contributed by atoms with Crippen molar-refractivity contribution in [2.45, 2.75) is 30.2 Å². The predicted molar refractivity (Wildman–Crippen MR) is 106 cm³/mol. The maximum absolute atomic E-state index is 12.7. The maximum Gasteiger partial charge on any atom is 0.573 e. The smallest absolute Gasteiger partial charge is 0.446 e. The fraction of sp³-hybridized carbons (Fsp3) is 0.316. The Hall–Kier alpha value is -2.50. The zero-order chi connectivity index (χ0) is 22.6. The van der Waals surface area contributed by atoms with Crippen LogP contribution < -0.4 is 10.1 Å². The van der Waals surface area contributed by atoms with Crippen molar-refractivity contribution in [2.24, 2.45) is 0 Å². The molecule has 168 valence electrons. The fourth-order valence-electron chi connectivity index (χ4n) is 3.02. The van der Waals surface area contributed by atoms with Crippen LogP contribution in [0.2, 0.25) is 5.02 Å². The van der Waals surface area contributed by atoms with Crippen molar-refractivity contribution in [1.82, 2.24) is 4.31 Å². The van der Waals surface area contributed by atoms with Crippen LogP contribution in [0, 0.1) is 0 Å². The lowest BCUT2D eigenvalue weighted by atomic mass is 10.1. The average molecular weight is 479 g/mol. The predicted octanol–water partition coefficient (Wildman–Crippen LogP) is 4.64. The van der Waals surface area contributed by atoms with Gasteiger partial charge in [-0.1, -0.05) is 23.7 Å². The van der Waals surface area contributed by atoms with E-state index in [9.17, 15) is 26.4 Å². The molecule has 0 aliphatic carbocycles. The molecule has 1 N–H and O–H groups in total. The number of sulfonamides is 1. The van der Waals surface area contributed by atoms with E-state index in [1.165, 1.54) is 28.6 Å². The van der Waals surface area contributed by atoms with Crippen molar-refractivity contribution in [2.75, 3.05) is 18.4 Å². The first-order chi connectivity index (χ1) is 14.5. The lowest BCUT2D eigenvalue weighted by Crippen LogP contribution is -2.41. The Morgan fingerprint density at radius 2 is 1.68 bits per heavy atom. The van der Waals surface area contributed by atoms with Crippen LogP contribution in [-0.2, 0) is 14.8 Å². The van der Waals surface area contributed by atoms with Crippen LogP contribution in [0.1, 0.15) is 12.8 Å². The van der Waals surface area contributed by atoms with Crippen molar-refractivity contribution < 1.29 is 35.9 Å². The molecule has 0 saturated carbocycles. The van der Waals surface area contributed by atoms with Crippen LogP contribution in [0.4, 0.5) is 23.7 Å². The highest BCUT2D eigenvalue weighted by Gasteiger charge is 2.32. The van der Waals surface area contributed by atoms with Crippen molar-refractivity contribution in [3.8, 4) is 5.75 Å². The van der Waals surface area contributed by atoms with Crippen molar-refractivity contribution in [3.63, 3.8) is 0 Å². The molecule has 0 spiro atoms. The van der Waals surface area contributed by atoms with Gasteiger partial charge in [-0.2, -0.15) is 4.31 Å². The Labute approximate surface area is 181 Å². The van der Waals surface area contributed by atoms with E-state index in [0.29, 0.717) is 0 Å². The monoisotopic (exact) mass is 478 g/mol. The standard InChI is InChI=1S/C19H18ClF3N2O5S/c20-16-3-1-2-4-17(16)31(27,28)25-11-9-14(10-12-25)29-18(26)24-13-5-7-15(8-6-13)30-19(21,22)23/h1-8,14H,9-12H2,(H,24,26). The molecule has 12 heteroatoms. The number of amides is 1. The second-order valence-electron chi connectivity index (χ2n) is 6.64. The molecule has 1 amide bonds. The van der Waals surface area contributed by atoms with E-state index >= 15 is 0 Å². The number of benzene rings is 2. The van der Waals surface area contributed by atoms with Gasteiger partial charge in [-0.05, 0) is 49.2 Å². The third-order valence-corrected chi connectivity index (χ3v) is 6.86. The molecule has 0 aromatic heterocycles. The van der Waals surface area contributed by atoms with Crippen LogP contribution in [-0.4, -0.2) is 44.4 Å². The van der Waals surface area contributed by atoms with Crippen LogP contribution in [0.3, 0.4) is 0 Å². The van der Waals surface area contributed by atoms with E-state index < -0.39 is 34.3 Å². The fourth-order valence-corrected chi connectivity index (χ4v) is 4.98. The second kappa shape index (κ2) is 9.33. The number of alkyl halides is 3. The summed E-state index contributed by atoms with van der Waals surface area (Å²) in [4.78, 5) is 12.1. The molecule has 2 aromatic rings. The summed E-state index contributed by atoms with van der Waals surface area (Å²) in [6, 6.07) is 10.7. The summed E-state index contributed by atoms with van der Waals surface area (Å²) in [5.74, 6) is -0.418. The van der Waals surface area contributed by atoms with Gasteiger partial charge in [0.05, 0.1) is 5.02 Å². The molecule has 1 aliphatic rings. The van der Waals surface area contributed by atoms with Gasteiger partial charge >= 0.3 is 12.5 Å². The minimum Gasteiger partial charge on any atom is -0.446 e. The number of anilines is 1. The van der Waals surface area contributed by atoms with E-state index in [1.807, 2.05) is 0 Å². The maximum atomic E-state index is 12.7. The summed E-state index contributed by atoms with van der Waals surface area (Å²) in [5, 5.41) is 2.54.